The van der Waals surface area contributed by atoms with Crippen LogP contribution < -0.4 is 4.90 Å². The van der Waals surface area contributed by atoms with Gasteiger partial charge in [0.2, 0.25) is 0 Å². The summed E-state index contributed by atoms with van der Waals surface area (Å²) in [6.07, 6.45) is 4.80. The highest BCUT2D eigenvalue weighted by atomic mass is 32.1. The molecule has 0 aliphatic heterocycles. The summed E-state index contributed by atoms with van der Waals surface area (Å²) in [6, 6.07) is 12.0. The number of carbonyl (C=O) groups excluding carboxylic acids is 1. The highest BCUT2D eigenvalue weighted by Crippen LogP contribution is 2.31. The maximum atomic E-state index is 12.7. The van der Waals surface area contributed by atoms with Gasteiger partial charge in [-0.1, -0.05) is 18.2 Å². The molecule has 2 nitrogen and oxygen atoms in total. The second kappa shape index (κ2) is 5.80. The van der Waals surface area contributed by atoms with Crippen LogP contribution in [0, 0.1) is 0 Å². The molecule has 0 bridgehead atoms. The van der Waals surface area contributed by atoms with E-state index in [1.165, 1.54) is 23.3 Å². The van der Waals surface area contributed by atoms with E-state index in [4.69, 9.17) is 0 Å². The molecule has 1 aliphatic rings. The van der Waals surface area contributed by atoms with Gasteiger partial charge in [0, 0.05) is 17.1 Å². The van der Waals surface area contributed by atoms with Crippen LogP contribution in [0.25, 0.3) is 0 Å². The SMILES string of the molecule is CCN(C(=O)c1cc2c(s1)CCCC2)c1ccccc1. The summed E-state index contributed by atoms with van der Waals surface area (Å²) in [4.78, 5) is 16.9. The van der Waals surface area contributed by atoms with E-state index in [2.05, 4.69) is 6.07 Å². The second-order valence-electron chi connectivity index (χ2n) is 5.15. The Morgan fingerprint density at radius 1 is 1.20 bits per heavy atom. The molecule has 1 aromatic carbocycles. The summed E-state index contributed by atoms with van der Waals surface area (Å²) in [6.45, 7) is 2.73. The maximum Gasteiger partial charge on any atom is 0.268 e. The van der Waals surface area contributed by atoms with Gasteiger partial charge >= 0.3 is 0 Å². The van der Waals surface area contributed by atoms with Crippen LogP contribution in [0.5, 0.6) is 0 Å². The quantitative estimate of drug-likeness (QED) is 0.823. The molecule has 0 spiro atoms. The minimum Gasteiger partial charge on any atom is -0.308 e. The number of aryl methyl sites for hydroxylation is 2. The molecule has 0 saturated carbocycles. The molecule has 0 fully saturated rings. The number of amides is 1. The van der Waals surface area contributed by atoms with E-state index < -0.39 is 0 Å². The Kier molecular flexibility index (Phi) is 3.88. The standard InChI is InChI=1S/C17H19NOS/c1-2-18(14-9-4-3-5-10-14)17(19)16-12-13-8-6-7-11-15(13)20-16/h3-5,9-10,12H,2,6-8,11H2,1H3. The first kappa shape index (κ1) is 13.4. The molecular formula is C17H19NOS. The number of rotatable bonds is 3. The second-order valence-corrected chi connectivity index (χ2v) is 6.29. The number of benzene rings is 1. The molecule has 1 amide bonds. The summed E-state index contributed by atoms with van der Waals surface area (Å²) < 4.78 is 0. The summed E-state index contributed by atoms with van der Waals surface area (Å²) in [5, 5.41) is 0. The average molecular weight is 285 g/mol. The van der Waals surface area contributed by atoms with Gasteiger partial charge in [0.25, 0.3) is 5.91 Å². The smallest absolute Gasteiger partial charge is 0.268 e. The Morgan fingerprint density at radius 2 is 1.95 bits per heavy atom. The topological polar surface area (TPSA) is 20.3 Å². The van der Waals surface area contributed by atoms with Gasteiger partial charge in [0.15, 0.2) is 0 Å². The number of fused-ring (bicyclic) bond motifs is 1. The monoisotopic (exact) mass is 285 g/mol. The molecule has 0 unspecified atom stereocenters. The van der Waals surface area contributed by atoms with Crippen molar-refractivity contribution in [3.8, 4) is 0 Å². The molecule has 20 heavy (non-hydrogen) atoms. The normalized spacial score (nSPS) is 13.8. The molecule has 3 rings (SSSR count). The van der Waals surface area contributed by atoms with Gasteiger partial charge in [-0.3, -0.25) is 4.79 Å². The highest BCUT2D eigenvalue weighted by molar-refractivity contribution is 7.14. The molecule has 3 heteroatoms. The van der Waals surface area contributed by atoms with Crippen molar-refractivity contribution in [2.75, 3.05) is 11.4 Å². The molecule has 2 aromatic rings. The lowest BCUT2D eigenvalue weighted by molar-refractivity contribution is 0.0992. The van der Waals surface area contributed by atoms with Crippen LogP contribution in [-0.2, 0) is 12.8 Å². The zero-order valence-electron chi connectivity index (χ0n) is 11.8. The van der Waals surface area contributed by atoms with Crippen molar-refractivity contribution < 1.29 is 4.79 Å². The zero-order valence-corrected chi connectivity index (χ0v) is 12.6. The summed E-state index contributed by atoms with van der Waals surface area (Å²) in [7, 11) is 0. The molecule has 104 valence electrons. The van der Waals surface area contributed by atoms with Crippen LogP contribution in [0.4, 0.5) is 5.69 Å². The molecule has 0 saturated heterocycles. The minimum atomic E-state index is 0.137. The van der Waals surface area contributed by atoms with E-state index in [1.54, 1.807) is 11.3 Å². The minimum absolute atomic E-state index is 0.137. The van der Waals surface area contributed by atoms with E-state index in [0.717, 1.165) is 23.4 Å². The Bertz CT molecular complexity index is 579. The first-order valence-electron chi connectivity index (χ1n) is 7.28. The third-order valence-corrected chi connectivity index (χ3v) is 5.06. The predicted molar refractivity (Wildman–Crippen MR) is 84.8 cm³/mol. The lowest BCUT2D eigenvalue weighted by Gasteiger charge is -2.20. The Balaban J connectivity index is 1.89. The van der Waals surface area contributed by atoms with E-state index in [0.29, 0.717) is 6.54 Å². The molecule has 0 radical (unpaired) electrons. The van der Waals surface area contributed by atoms with Gasteiger partial charge in [-0.25, -0.2) is 0 Å². The van der Waals surface area contributed by atoms with E-state index in [-0.39, 0.29) is 5.91 Å². The number of nitrogens with zero attached hydrogens (tertiary/aromatic N) is 1. The van der Waals surface area contributed by atoms with Gasteiger partial charge in [0.1, 0.15) is 0 Å². The molecule has 0 N–H and O–H groups in total. The van der Waals surface area contributed by atoms with Crippen molar-refractivity contribution in [3.05, 3.63) is 51.7 Å². The Labute approximate surface area is 124 Å². The number of para-hydroxylation sites is 1. The van der Waals surface area contributed by atoms with Crippen molar-refractivity contribution in [1.82, 2.24) is 0 Å². The van der Waals surface area contributed by atoms with Crippen molar-refractivity contribution in [2.24, 2.45) is 0 Å². The predicted octanol–water partition coefficient (Wildman–Crippen LogP) is 4.29. The zero-order chi connectivity index (χ0) is 13.9. The molecule has 1 aliphatic carbocycles. The number of thiophene rings is 1. The molecular weight excluding hydrogens is 266 g/mol. The molecule has 1 aromatic heterocycles. The third-order valence-electron chi connectivity index (χ3n) is 3.84. The van der Waals surface area contributed by atoms with Crippen LogP contribution >= 0.6 is 11.3 Å². The van der Waals surface area contributed by atoms with Gasteiger partial charge in [-0.05, 0) is 56.4 Å². The summed E-state index contributed by atoms with van der Waals surface area (Å²) in [5.41, 5.74) is 2.38. The lowest BCUT2D eigenvalue weighted by atomic mass is 9.99. The fraction of sp³-hybridized carbons (Fsp3) is 0.353. The van der Waals surface area contributed by atoms with Crippen molar-refractivity contribution >= 4 is 22.9 Å². The van der Waals surface area contributed by atoms with Crippen molar-refractivity contribution in [2.45, 2.75) is 32.6 Å². The van der Waals surface area contributed by atoms with Crippen LogP contribution in [0.15, 0.2) is 36.4 Å². The lowest BCUT2D eigenvalue weighted by Crippen LogP contribution is -2.29. The van der Waals surface area contributed by atoms with Crippen molar-refractivity contribution in [1.29, 1.82) is 0 Å². The van der Waals surface area contributed by atoms with E-state index >= 15 is 0 Å². The average Bonchev–Trinajstić information content (AvgIpc) is 2.93. The van der Waals surface area contributed by atoms with Crippen LogP contribution in [0.2, 0.25) is 0 Å². The van der Waals surface area contributed by atoms with E-state index in [9.17, 15) is 4.79 Å². The van der Waals surface area contributed by atoms with Crippen LogP contribution in [-0.4, -0.2) is 12.5 Å². The fourth-order valence-corrected chi connectivity index (χ4v) is 3.98. The number of hydrogen-bond acceptors (Lipinski definition) is 2. The third kappa shape index (κ3) is 2.50. The van der Waals surface area contributed by atoms with Gasteiger partial charge < -0.3 is 4.90 Å². The maximum absolute atomic E-state index is 12.7. The number of anilines is 1. The first-order chi connectivity index (χ1) is 9.79. The van der Waals surface area contributed by atoms with Crippen LogP contribution in [0.1, 0.15) is 39.9 Å². The van der Waals surface area contributed by atoms with Gasteiger partial charge in [-0.2, -0.15) is 0 Å². The Hall–Kier alpha value is -1.61. The summed E-state index contributed by atoms with van der Waals surface area (Å²) >= 11 is 1.69. The van der Waals surface area contributed by atoms with E-state index in [1.807, 2.05) is 42.2 Å². The number of hydrogen-bond donors (Lipinski definition) is 0. The molecule has 1 heterocycles. The summed E-state index contributed by atoms with van der Waals surface area (Å²) in [5.74, 6) is 0.137. The Morgan fingerprint density at radius 3 is 2.65 bits per heavy atom. The van der Waals surface area contributed by atoms with Gasteiger partial charge in [-0.15, -0.1) is 11.3 Å². The highest BCUT2D eigenvalue weighted by Gasteiger charge is 2.21. The fourth-order valence-electron chi connectivity index (χ4n) is 2.78. The first-order valence-corrected chi connectivity index (χ1v) is 8.09. The van der Waals surface area contributed by atoms with Gasteiger partial charge in [0.05, 0.1) is 4.88 Å². The van der Waals surface area contributed by atoms with Crippen LogP contribution in [0.3, 0.4) is 0 Å². The molecule has 0 atom stereocenters. The van der Waals surface area contributed by atoms with Crippen molar-refractivity contribution in [3.63, 3.8) is 0 Å². The number of carbonyl (C=O) groups is 1. The largest absolute Gasteiger partial charge is 0.308 e.